The highest BCUT2D eigenvalue weighted by Crippen LogP contribution is 2.44. The van der Waals surface area contributed by atoms with Gasteiger partial charge in [-0.25, -0.2) is 9.59 Å². The van der Waals surface area contributed by atoms with Crippen molar-refractivity contribution in [2.24, 2.45) is 0 Å². The van der Waals surface area contributed by atoms with E-state index >= 15 is 0 Å². The molecule has 0 aromatic heterocycles. The van der Waals surface area contributed by atoms with Crippen molar-refractivity contribution in [3.63, 3.8) is 0 Å². The number of methoxy groups -OCH3 is 1. The summed E-state index contributed by atoms with van der Waals surface area (Å²) in [4.78, 5) is 34.9. The first kappa shape index (κ1) is 23.3. The molecular formula is C24H28N2O6. The number of alkyl carbamates (subject to hydrolysis) is 1. The number of ether oxygens (including phenoxy) is 3. The fraction of sp³-hybridized carbons (Fsp3) is 0.375. The molecule has 2 aromatic carbocycles. The molecule has 8 heteroatoms. The molecule has 170 valence electrons. The Kier molecular flexibility index (Phi) is 8.21. The Balaban J connectivity index is 1.38. The number of esters is 1. The number of hydrogen-bond donors (Lipinski definition) is 2. The number of rotatable bonds is 10. The summed E-state index contributed by atoms with van der Waals surface area (Å²) >= 11 is 0. The Morgan fingerprint density at radius 1 is 1.00 bits per heavy atom. The van der Waals surface area contributed by atoms with Crippen LogP contribution >= 0.6 is 0 Å². The van der Waals surface area contributed by atoms with Crippen LogP contribution in [0, 0.1) is 0 Å². The van der Waals surface area contributed by atoms with Crippen LogP contribution in [0.25, 0.3) is 11.1 Å². The van der Waals surface area contributed by atoms with Gasteiger partial charge in [0.1, 0.15) is 6.61 Å². The largest absolute Gasteiger partial charge is 0.467 e. The third-order valence-corrected chi connectivity index (χ3v) is 5.23. The maximum Gasteiger partial charge on any atom is 0.407 e. The summed E-state index contributed by atoms with van der Waals surface area (Å²) in [5, 5.41) is 5.18. The molecule has 0 saturated carbocycles. The first-order chi connectivity index (χ1) is 15.5. The number of carbonyl (C=O) groups excluding carboxylic acids is 3. The first-order valence-corrected chi connectivity index (χ1v) is 10.5. The quantitative estimate of drug-likeness (QED) is 0.435. The molecular weight excluding hydrogens is 412 g/mol. The lowest BCUT2D eigenvalue weighted by molar-refractivity contribution is -0.146. The van der Waals surface area contributed by atoms with Crippen molar-refractivity contribution in [2.45, 2.75) is 25.3 Å². The van der Waals surface area contributed by atoms with Crippen molar-refractivity contribution >= 4 is 18.0 Å². The van der Waals surface area contributed by atoms with E-state index in [1.165, 1.54) is 25.2 Å². The number of carbonyl (C=O) groups is 3. The van der Waals surface area contributed by atoms with Crippen molar-refractivity contribution in [3.8, 4) is 11.1 Å². The van der Waals surface area contributed by atoms with E-state index in [9.17, 15) is 14.4 Å². The van der Waals surface area contributed by atoms with E-state index in [2.05, 4.69) is 39.6 Å². The summed E-state index contributed by atoms with van der Waals surface area (Å²) in [6, 6.07) is 15.5. The van der Waals surface area contributed by atoms with Crippen molar-refractivity contribution in [1.29, 1.82) is 0 Å². The van der Waals surface area contributed by atoms with E-state index in [4.69, 9.17) is 9.47 Å². The summed E-state index contributed by atoms with van der Waals surface area (Å²) in [5.41, 5.74) is 4.68. The van der Waals surface area contributed by atoms with E-state index in [1.807, 2.05) is 24.3 Å². The van der Waals surface area contributed by atoms with Crippen LogP contribution < -0.4 is 10.6 Å². The second-order valence-electron chi connectivity index (χ2n) is 7.46. The molecule has 0 unspecified atom stereocenters. The minimum Gasteiger partial charge on any atom is -0.467 e. The molecule has 0 bridgehead atoms. The van der Waals surface area contributed by atoms with Gasteiger partial charge in [0.15, 0.2) is 6.04 Å². The van der Waals surface area contributed by atoms with Gasteiger partial charge in [-0.1, -0.05) is 48.5 Å². The molecule has 0 saturated heterocycles. The lowest BCUT2D eigenvalue weighted by atomic mass is 9.98. The highest BCUT2D eigenvalue weighted by molar-refractivity contribution is 5.83. The molecule has 0 spiro atoms. The maximum absolute atomic E-state index is 12.1. The maximum atomic E-state index is 12.1. The van der Waals surface area contributed by atoms with Gasteiger partial charge in [-0.15, -0.1) is 0 Å². The summed E-state index contributed by atoms with van der Waals surface area (Å²) in [6.07, 6.45) is 0.0376. The molecule has 1 aliphatic rings. The van der Waals surface area contributed by atoms with Crippen LogP contribution in [0.1, 0.15) is 30.4 Å². The molecule has 0 aliphatic heterocycles. The average molecular weight is 440 g/mol. The molecule has 2 aromatic rings. The Hall–Kier alpha value is -3.39. The fourth-order valence-corrected chi connectivity index (χ4v) is 3.77. The summed E-state index contributed by atoms with van der Waals surface area (Å²) in [6.45, 7) is 2.23. The predicted molar refractivity (Wildman–Crippen MR) is 118 cm³/mol. The molecule has 0 heterocycles. The number of benzene rings is 2. The van der Waals surface area contributed by atoms with Crippen molar-refractivity contribution in [1.82, 2.24) is 10.6 Å². The van der Waals surface area contributed by atoms with Crippen LogP contribution in [0.5, 0.6) is 0 Å². The minimum absolute atomic E-state index is 0.00278. The van der Waals surface area contributed by atoms with Gasteiger partial charge in [0.05, 0.1) is 13.7 Å². The molecule has 2 amide bonds. The first-order valence-electron chi connectivity index (χ1n) is 10.5. The standard InChI is InChI=1S/C24H28N2O6/c1-16(27)26-22(23(28)30-2)15-31-13-7-12-25-24(29)32-14-21-19-10-5-3-8-17(19)18-9-4-6-11-20(18)21/h3-6,8-11,21-22H,7,12-15H2,1-2H3,(H,25,29)(H,26,27)/t22-/m0/s1. The van der Waals surface area contributed by atoms with Gasteiger partial charge < -0.3 is 24.8 Å². The average Bonchev–Trinajstić information content (AvgIpc) is 3.12. The normalized spacial score (nSPS) is 12.9. The summed E-state index contributed by atoms with van der Waals surface area (Å²) in [7, 11) is 1.25. The third-order valence-electron chi connectivity index (χ3n) is 5.23. The molecule has 1 atom stereocenters. The summed E-state index contributed by atoms with van der Waals surface area (Å²) < 4.78 is 15.5. The third kappa shape index (κ3) is 5.85. The van der Waals surface area contributed by atoms with Crippen molar-refractivity contribution in [3.05, 3.63) is 59.7 Å². The zero-order valence-corrected chi connectivity index (χ0v) is 18.3. The lowest BCUT2D eigenvalue weighted by Crippen LogP contribution is -2.43. The van der Waals surface area contributed by atoms with Gasteiger partial charge in [0, 0.05) is 26.0 Å². The van der Waals surface area contributed by atoms with E-state index in [0.29, 0.717) is 19.6 Å². The fourth-order valence-electron chi connectivity index (χ4n) is 3.77. The van der Waals surface area contributed by atoms with Crippen LogP contribution in [0.3, 0.4) is 0 Å². The van der Waals surface area contributed by atoms with E-state index in [0.717, 1.165) is 11.1 Å². The Morgan fingerprint density at radius 3 is 2.22 bits per heavy atom. The Morgan fingerprint density at radius 2 is 1.62 bits per heavy atom. The zero-order valence-electron chi connectivity index (χ0n) is 18.3. The Bertz CT molecular complexity index is 916. The van der Waals surface area contributed by atoms with Crippen molar-refractivity contribution < 1.29 is 28.6 Å². The Labute approximate surface area is 187 Å². The van der Waals surface area contributed by atoms with Gasteiger partial charge in [0.25, 0.3) is 0 Å². The van der Waals surface area contributed by atoms with Crippen LogP contribution in [0.4, 0.5) is 4.79 Å². The number of fused-ring (bicyclic) bond motifs is 3. The van der Waals surface area contributed by atoms with E-state index in [1.54, 1.807) is 0 Å². The minimum atomic E-state index is -0.854. The van der Waals surface area contributed by atoms with E-state index < -0.39 is 18.1 Å². The molecule has 1 aliphatic carbocycles. The highest BCUT2D eigenvalue weighted by Gasteiger charge is 2.29. The molecule has 3 rings (SSSR count). The molecule has 8 nitrogen and oxygen atoms in total. The topological polar surface area (TPSA) is 103 Å². The SMILES string of the molecule is COC(=O)[C@H](COCCCNC(=O)OCC1c2ccccc2-c2ccccc21)NC(C)=O. The van der Waals surface area contributed by atoms with Gasteiger partial charge in [-0.3, -0.25) is 4.79 Å². The predicted octanol–water partition coefficient (Wildman–Crippen LogP) is 2.61. The molecule has 0 radical (unpaired) electrons. The summed E-state index contributed by atoms with van der Waals surface area (Å²) in [5.74, 6) is -0.904. The monoisotopic (exact) mass is 440 g/mol. The van der Waals surface area contributed by atoms with Crippen LogP contribution in [0.15, 0.2) is 48.5 Å². The molecule has 0 fully saturated rings. The van der Waals surface area contributed by atoms with Crippen LogP contribution in [0.2, 0.25) is 0 Å². The number of nitrogens with one attached hydrogen (secondary N) is 2. The van der Waals surface area contributed by atoms with Crippen LogP contribution in [-0.4, -0.2) is 57.5 Å². The van der Waals surface area contributed by atoms with Gasteiger partial charge in [-0.05, 0) is 28.7 Å². The van der Waals surface area contributed by atoms with E-state index in [-0.39, 0.29) is 25.0 Å². The second kappa shape index (κ2) is 11.3. The van der Waals surface area contributed by atoms with Crippen LogP contribution in [-0.2, 0) is 23.8 Å². The molecule has 2 N–H and O–H groups in total. The second-order valence-corrected chi connectivity index (χ2v) is 7.46. The number of hydrogen-bond acceptors (Lipinski definition) is 6. The molecule has 32 heavy (non-hydrogen) atoms. The lowest BCUT2D eigenvalue weighted by Gasteiger charge is -2.16. The van der Waals surface area contributed by atoms with Gasteiger partial charge >= 0.3 is 12.1 Å². The number of amides is 2. The van der Waals surface area contributed by atoms with Gasteiger partial charge in [-0.2, -0.15) is 0 Å². The zero-order chi connectivity index (χ0) is 22.9. The highest BCUT2D eigenvalue weighted by atomic mass is 16.5. The van der Waals surface area contributed by atoms with Gasteiger partial charge in [0.2, 0.25) is 5.91 Å². The van der Waals surface area contributed by atoms with Crippen molar-refractivity contribution in [2.75, 3.05) is 33.5 Å². The smallest absolute Gasteiger partial charge is 0.407 e.